The fourth-order valence-electron chi connectivity index (χ4n) is 1.54. The maximum atomic E-state index is 5.23. The first-order valence-corrected chi connectivity index (χ1v) is 4.13. The number of methoxy groups -OCH3 is 2. The van der Waals surface area contributed by atoms with E-state index in [9.17, 15) is 0 Å². The Kier molecular flexibility index (Phi) is 9.19. The van der Waals surface area contributed by atoms with Crippen LogP contribution in [0.1, 0.15) is 0 Å². The van der Waals surface area contributed by atoms with E-state index in [2.05, 4.69) is 0 Å². The maximum absolute atomic E-state index is 5.23. The molecular formula is C11H13Cl2O2Zr-. The van der Waals surface area contributed by atoms with E-state index in [1.807, 2.05) is 30.3 Å². The van der Waals surface area contributed by atoms with Gasteiger partial charge in [0.25, 0.3) is 0 Å². The third kappa shape index (κ3) is 3.19. The third-order valence-corrected chi connectivity index (χ3v) is 2.17. The second-order valence-electron chi connectivity index (χ2n) is 2.82. The molecule has 5 heteroatoms. The van der Waals surface area contributed by atoms with E-state index in [1.54, 1.807) is 14.2 Å². The fraction of sp³-hybridized carbons (Fsp3) is 0.182. The minimum absolute atomic E-state index is 0. The smallest absolute Gasteiger partial charge is 0.0763 e. The van der Waals surface area contributed by atoms with Gasteiger partial charge in [-0.2, -0.15) is 12.1 Å². The number of benzene rings is 1. The zero-order chi connectivity index (χ0) is 9.26. The molecule has 2 nitrogen and oxygen atoms in total. The number of halogens is 2. The van der Waals surface area contributed by atoms with Gasteiger partial charge in [0.2, 0.25) is 0 Å². The van der Waals surface area contributed by atoms with Gasteiger partial charge in [-0.1, -0.05) is 11.5 Å². The van der Waals surface area contributed by atoms with Crippen LogP contribution in [0.25, 0.3) is 10.8 Å². The van der Waals surface area contributed by atoms with Crippen LogP contribution in [0.15, 0.2) is 30.3 Å². The first kappa shape index (κ1) is 18.3. The second-order valence-corrected chi connectivity index (χ2v) is 2.82. The molecule has 0 spiro atoms. The van der Waals surface area contributed by atoms with Gasteiger partial charge in [-0.15, -0.1) is 36.3 Å². The van der Waals surface area contributed by atoms with E-state index >= 15 is 0 Å². The standard InChI is InChI=1S/C11H11O2.2ClH.Zr/c1-12-10-6-7-11(13-2)9-5-3-4-8(9)10;;;/h3-7H,1-2H3;2*1H;/q-1;;;. The van der Waals surface area contributed by atoms with E-state index in [1.165, 1.54) is 0 Å². The first-order chi connectivity index (χ1) is 6.36. The normalized spacial score (nSPS) is 8.38. The summed E-state index contributed by atoms with van der Waals surface area (Å²) in [6, 6.07) is 9.88. The summed E-state index contributed by atoms with van der Waals surface area (Å²) in [5.41, 5.74) is 0. The largest absolute Gasteiger partial charge is 0.539 e. The van der Waals surface area contributed by atoms with E-state index in [0.29, 0.717) is 0 Å². The van der Waals surface area contributed by atoms with Crippen molar-refractivity contribution in [2.45, 2.75) is 0 Å². The van der Waals surface area contributed by atoms with Crippen molar-refractivity contribution < 1.29 is 35.7 Å². The van der Waals surface area contributed by atoms with Crippen molar-refractivity contribution in [3.05, 3.63) is 30.3 Å². The number of rotatable bonds is 2. The van der Waals surface area contributed by atoms with Gasteiger partial charge in [0.05, 0.1) is 20.0 Å². The SMILES string of the molecule is COc1ccc(OC)c2[cH-]ccc12.Cl.Cl.[Zr]. The maximum Gasteiger partial charge on any atom is 0.0763 e. The van der Waals surface area contributed by atoms with E-state index < -0.39 is 0 Å². The summed E-state index contributed by atoms with van der Waals surface area (Å²) in [5.74, 6) is 1.78. The van der Waals surface area contributed by atoms with Gasteiger partial charge in [-0.3, -0.25) is 0 Å². The molecule has 88 valence electrons. The molecule has 0 aliphatic rings. The summed E-state index contributed by atoms with van der Waals surface area (Å²) < 4.78 is 10.5. The van der Waals surface area contributed by atoms with Crippen LogP contribution in [0.4, 0.5) is 0 Å². The van der Waals surface area contributed by atoms with Crippen molar-refractivity contribution >= 4 is 35.6 Å². The molecule has 0 heterocycles. The minimum atomic E-state index is 0. The number of hydrogen-bond acceptors (Lipinski definition) is 2. The molecule has 0 saturated carbocycles. The fourth-order valence-corrected chi connectivity index (χ4v) is 1.54. The molecule has 2 aromatic carbocycles. The Morgan fingerprint density at radius 1 is 0.938 bits per heavy atom. The van der Waals surface area contributed by atoms with Crippen molar-refractivity contribution in [3.63, 3.8) is 0 Å². The molecule has 0 bridgehead atoms. The van der Waals surface area contributed by atoms with Crippen molar-refractivity contribution in [2.75, 3.05) is 14.2 Å². The molecule has 0 radical (unpaired) electrons. The Morgan fingerprint density at radius 3 is 2.06 bits per heavy atom. The molecule has 0 amide bonds. The van der Waals surface area contributed by atoms with Crippen molar-refractivity contribution in [1.29, 1.82) is 0 Å². The van der Waals surface area contributed by atoms with Crippen LogP contribution >= 0.6 is 24.8 Å². The summed E-state index contributed by atoms with van der Waals surface area (Å²) >= 11 is 0. The summed E-state index contributed by atoms with van der Waals surface area (Å²) in [6.45, 7) is 0. The average Bonchev–Trinajstić information content (AvgIpc) is 2.64. The Morgan fingerprint density at radius 2 is 1.50 bits per heavy atom. The zero-order valence-corrected chi connectivity index (χ0v) is 13.1. The van der Waals surface area contributed by atoms with Crippen molar-refractivity contribution in [1.82, 2.24) is 0 Å². The number of hydrogen-bond donors (Lipinski definition) is 0. The van der Waals surface area contributed by atoms with Gasteiger partial charge in [0, 0.05) is 32.0 Å². The molecule has 0 aliphatic carbocycles. The van der Waals surface area contributed by atoms with Gasteiger partial charge in [0.15, 0.2) is 0 Å². The van der Waals surface area contributed by atoms with E-state index in [-0.39, 0.29) is 51.0 Å². The Bertz CT molecular complexity index is 391. The van der Waals surface area contributed by atoms with Crippen LogP contribution in [0.2, 0.25) is 0 Å². The predicted octanol–water partition coefficient (Wildman–Crippen LogP) is 3.42. The summed E-state index contributed by atoms with van der Waals surface area (Å²) in [4.78, 5) is 0. The van der Waals surface area contributed by atoms with Crippen LogP contribution in [0.3, 0.4) is 0 Å². The van der Waals surface area contributed by atoms with Gasteiger partial charge < -0.3 is 9.47 Å². The molecule has 2 aromatic rings. The Balaban J connectivity index is 0. The van der Waals surface area contributed by atoms with E-state index in [0.717, 1.165) is 22.3 Å². The molecule has 0 fully saturated rings. The van der Waals surface area contributed by atoms with Crippen LogP contribution in [0.5, 0.6) is 11.5 Å². The molecule has 0 saturated heterocycles. The molecule has 0 aliphatic heterocycles. The molecular weight excluding hydrogens is 326 g/mol. The quantitative estimate of drug-likeness (QED) is 0.781. The Hall–Kier alpha value is -0.107. The van der Waals surface area contributed by atoms with Crippen LogP contribution < -0.4 is 9.47 Å². The van der Waals surface area contributed by atoms with Crippen LogP contribution in [0, 0.1) is 0 Å². The molecule has 2 rings (SSSR count). The van der Waals surface area contributed by atoms with Gasteiger partial charge in [-0.05, 0) is 6.07 Å². The molecule has 0 atom stereocenters. The van der Waals surface area contributed by atoms with Crippen molar-refractivity contribution in [2.24, 2.45) is 0 Å². The topological polar surface area (TPSA) is 18.5 Å². The van der Waals surface area contributed by atoms with Gasteiger partial charge in [0.1, 0.15) is 0 Å². The molecule has 0 unspecified atom stereocenters. The van der Waals surface area contributed by atoms with Crippen LogP contribution in [-0.4, -0.2) is 14.2 Å². The molecule has 16 heavy (non-hydrogen) atoms. The predicted molar refractivity (Wildman–Crippen MR) is 67.1 cm³/mol. The Labute approximate surface area is 127 Å². The summed E-state index contributed by atoms with van der Waals surface area (Å²) in [7, 11) is 3.35. The monoisotopic (exact) mass is 337 g/mol. The van der Waals surface area contributed by atoms with Crippen LogP contribution in [-0.2, 0) is 26.2 Å². The molecule has 0 aromatic heterocycles. The van der Waals surface area contributed by atoms with Gasteiger partial charge >= 0.3 is 0 Å². The number of ether oxygens (including phenoxy) is 2. The first-order valence-electron chi connectivity index (χ1n) is 4.13. The van der Waals surface area contributed by atoms with Crippen molar-refractivity contribution in [3.8, 4) is 11.5 Å². The minimum Gasteiger partial charge on any atom is -0.539 e. The number of fused-ring (bicyclic) bond motifs is 1. The van der Waals surface area contributed by atoms with E-state index in [4.69, 9.17) is 9.47 Å². The second kappa shape index (κ2) is 8.05. The summed E-state index contributed by atoms with van der Waals surface area (Å²) in [5, 5.41) is 2.20. The third-order valence-electron chi connectivity index (χ3n) is 2.17. The average molecular weight is 339 g/mol. The summed E-state index contributed by atoms with van der Waals surface area (Å²) in [6.07, 6.45) is 0. The molecule has 0 N–H and O–H groups in total. The van der Waals surface area contributed by atoms with Gasteiger partial charge in [-0.25, -0.2) is 0 Å². The zero-order valence-electron chi connectivity index (χ0n) is 9.02.